The number of allylic oxidation sites excluding steroid dienone is 16. The molecule has 2 N–H and O–H groups in total. The Morgan fingerprint density at radius 2 is 0.743 bits per heavy atom. The summed E-state index contributed by atoms with van der Waals surface area (Å²) in [6, 6.07) is 0. The van der Waals surface area contributed by atoms with Crippen LogP contribution < -0.4 is 0 Å². The van der Waals surface area contributed by atoms with E-state index in [1.807, 2.05) is 0 Å². The van der Waals surface area contributed by atoms with Gasteiger partial charge in [0.2, 0.25) is 0 Å². The molecule has 0 saturated heterocycles. The van der Waals surface area contributed by atoms with Crippen molar-refractivity contribution in [1.82, 2.24) is 0 Å². The van der Waals surface area contributed by atoms with E-state index in [9.17, 15) is 28.9 Å². The molecule has 0 fully saturated rings. The first-order valence-corrected chi connectivity index (χ1v) is 28.6. The molecule has 0 aromatic rings. The summed E-state index contributed by atoms with van der Waals surface area (Å²) in [6.07, 6.45) is 59.5. The maximum absolute atomic E-state index is 12.9. The van der Waals surface area contributed by atoms with Crippen molar-refractivity contribution in [3.05, 3.63) is 97.2 Å². The lowest BCUT2D eigenvalue weighted by atomic mass is 10.1. The fourth-order valence-corrected chi connectivity index (χ4v) is 7.71. The first-order chi connectivity index (χ1) is 34.2. The highest BCUT2D eigenvalue weighted by Crippen LogP contribution is 2.43. The van der Waals surface area contributed by atoms with E-state index in [-0.39, 0.29) is 25.9 Å². The summed E-state index contributed by atoms with van der Waals surface area (Å²) in [4.78, 5) is 48.3. The van der Waals surface area contributed by atoms with Gasteiger partial charge in [0.1, 0.15) is 12.7 Å². The van der Waals surface area contributed by atoms with Crippen LogP contribution in [-0.2, 0) is 42.2 Å². The van der Waals surface area contributed by atoms with Crippen LogP contribution in [0.5, 0.6) is 0 Å². The molecule has 0 amide bonds. The molecule has 0 radical (unpaired) electrons. The highest BCUT2D eigenvalue weighted by molar-refractivity contribution is 7.47. The van der Waals surface area contributed by atoms with Crippen LogP contribution in [0.1, 0.15) is 213 Å². The lowest BCUT2D eigenvalue weighted by Crippen LogP contribution is -2.30. The minimum Gasteiger partial charge on any atom is -0.462 e. The number of rotatable bonds is 49. The summed E-state index contributed by atoms with van der Waals surface area (Å²) in [5, 5.41) is 9.78. The van der Waals surface area contributed by atoms with E-state index >= 15 is 0 Å². The van der Waals surface area contributed by atoms with Crippen LogP contribution in [0, 0.1) is 0 Å². The van der Waals surface area contributed by atoms with Crippen molar-refractivity contribution >= 4 is 25.7 Å². The molecule has 0 aromatic heterocycles. The molecule has 400 valence electrons. The van der Waals surface area contributed by atoms with Crippen molar-refractivity contribution < 1.29 is 52.2 Å². The molecule has 0 aliphatic heterocycles. The number of carbonyl (C=O) groups is 3. The lowest BCUT2D eigenvalue weighted by molar-refractivity contribution is -0.161. The van der Waals surface area contributed by atoms with Gasteiger partial charge in [0.05, 0.1) is 19.8 Å². The molecule has 0 aromatic carbocycles. The first kappa shape index (κ1) is 66.4. The highest BCUT2D eigenvalue weighted by Gasteiger charge is 2.28. The molecule has 70 heavy (non-hydrogen) atoms. The second-order valence-electron chi connectivity index (χ2n) is 17.6. The SMILES string of the molecule is CC/C=C\C/C=C\C/C=C\C/C=C\CCCCCCCCC(=O)OC(COC(=O)CCCCCCCCCCC)COP(=O)(O)OCC(CO)OC(=O)CCCC/C=C\C/C=C\C/C=C\C/C=C\CC. The van der Waals surface area contributed by atoms with Crippen LogP contribution in [0.25, 0.3) is 0 Å². The Morgan fingerprint density at radius 1 is 0.414 bits per heavy atom. The fraction of sp³-hybridized carbons (Fsp3) is 0.672. The third-order valence-electron chi connectivity index (χ3n) is 11.0. The van der Waals surface area contributed by atoms with Crippen molar-refractivity contribution in [3.63, 3.8) is 0 Å². The lowest BCUT2D eigenvalue weighted by Gasteiger charge is -2.21. The summed E-state index contributed by atoms with van der Waals surface area (Å²) < 4.78 is 39.3. The van der Waals surface area contributed by atoms with Crippen LogP contribution in [0.2, 0.25) is 0 Å². The van der Waals surface area contributed by atoms with Crippen LogP contribution in [0.3, 0.4) is 0 Å². The molecule has 0 spiro atoms. The van der Waals surface area contributed by atoms with E-state index in [0.29, 0.717) is 19.3 Å². The normalized spacial score (nSPS) is 14.2. The van der Waals surface area contributed by atoms with E-state index in [0.717, 1.165) is 122 Å². The zero-order valence-corrected chi connectivity index (χ0v) is 44.8. The number of unbranched alkanes of at least 4 members (excludes halogenated alkanes) is 16. The zero-order chi connectivity index (χ0) is 51.3. The number of phosphoric ester groups is 1. The van der Waals surface area contributed by atoms with Crippen molar-refractivity contribution in [2.75, 3.05) is 26.4 Å². The summed E-state index contributed by atoms with van der Waals surface area (Å²) in [5.74, 6) is -1.53. The summed E-state index contributed by atoms with van der Waals surface area (Å²) in [5.41, 5.74) is 0. The Balaban J connectivity index is 4.74. The zero-order valence-electron chi connectivity index (χ0n) is 43.9. The number of aliphatic hydroxyl groups excluding tert-OH is 1. The van der Waals surface area contributed by atoms with Gasteiger partial charge in [-0.2, -0.15) is 0 Å². The third-order valence-corrected chi connectivity index (χ3v) is 12.0. The number of hydrogen-bond donors (Lipinski definition) is 2. The second-order valence-corrected chi connectivity index (χ2v) is 19.1. The van der Waals surface area contributed by atoms with Gasteiger partial charge >= 0.3 is 25.7 Å². The van der Waals surface area contributed by atoms with Gasteiger partial charge in [-0.05, 0) is 96.3 Å². The van der Waals surface area contributed by atoms with Crippen LogP contribution in [0.15, 0.2) is 97.2 Å². The van der Waals surface area contributed by atoms with Gasteiger partial charge in [-0.15, -0.1) is 0 Å². The number of ether oxygens (including phenoxy) is 3. The topological polar surface area (TPSA) is 155 Å². The van der Waals surface area contributed by atoms with Gasteiger partial charge in [0.15, 0.2) is 6.10 Å². The highest BCUT2D eigenvalue weighted by atomic mass is 31.2. The maximum atomic E-state index is 12.9. The third kappa shape index (κ3) is 49.4. The molecule has 0 bridgehead atoms. The molecular formula is C58H97O11P. The van der Waals surface area contributed by atoms with E-state index in [4.69, 9.17) is 23.3 Å². The second kappa shape index (κ2) is 51.7. The van der Waals surface area contributed by atoms with Gasteiger partial charge in [-0.1, -0.05) is 195 Å². The molecule has 0 rings (SSSR count). The summed E-state index contributed by atoms with van der Waals surface area (Å²) in [7, 11) is -4.76. The molecule has 0 aliphatic rings. The average Bonchev–Trinajstić information content (AvgIpc) is 3.35. The van der Waals surface area contributed by atoms with Crippen LogP contribution in [-0.4, -0.2) is 66.5 Å². The molecular weight excluding hydrogens is 904 g/mol. The van der Waals surface area contributed by atoms with Gasteiger partial charge in [0, 0.05) is 19.3 Å². The number of esters is 3. The molecule has 12 heteroatoms. The number of carbonyl (C=O) groups excluding carboxylic acids is 3. The number of phosphoric acid groups is 1. The predicted molar refractivity (Wildman–Crippen MR) is 288 cm³/mol. The number of aliphatic hydroxyl groups is 1. The Morgan fingerprint density at radius 3 is 1.17 bits per heavy atom. The summed E-state index contributed by atoms with van der Waals surface area (Å²) in [6.45, 7) is 4.31. The predicted octanol–water partition coefficient (Wildman–Crippen LogP) is 15.7. The molecule has 3 unspecified atom stereocenters. The van der Waals surface area contributed by atoms with Crippen LogP contribution in [0.4, 0.5) is 0 Å². The Hall–Kier alpha value is -3.60. The van der Waals surface area contributed by atoms with Gasteiger partial charge in [0.25, 0.3) is 0 Å². The molecule has 3 atom stereocenters. The minimum atomic E-state index is -4.76. The van der Waals surface area contributed by atoms with Gasteiger partial charge in [-0.25, -0.2) is 4.57 Å². The van der Waals surface area contributed by atoms with E-state index in [1.54, 1.807) is 0 Å². The van der Waals surface area contributed by atoms with Crippen molar-refractivity contribution in [2.24, 2.45) is 0 Å². The van der Waals surface area contributed by atoms with Gasteiger partial charge in [-0.3, -0.25) is 23.4 Å². The molecule has 0 saturated carbocycles. The maximum Gasteiger partial charge on any atom is 0.472 e. The average molecular weight is 1000 g/mol. The van der Waals surface area contributed by atoms with Gasteiger partial charge < -0.3 is 24.2 Å². The fourth-order valence-electron chi connectivity index (χ4n) is 6.93. The van der Waals surface area contributed by atoms with Crippen molar-refractivity contribution in [2.45, 2.75) is 226 Å². The standard InChI is InChI=1S/C58H97O11P/c1-4-7-10-13-16-19-21-23-25-26-27-28-30-32-34-37-40-43-46-49-58(62)69-55(51-65-56(60)47-44-41-38-35-18-15-12-9-6-3)53-67-70(63,64)66-52-54(50-59)68-57(61)48-45-42-39-36-33-31-29-24-22-20-17-14-11-8-5-2/h7-8,10-11,16-17,19-20,23-25,27-29,33,36,54-55,59H,4-6,9,12-15,18,21-22,26,30-32,34-35,37-53H2,1-3H3,(H,63,64)/b10-7-,11-8-,19-16-,20-17-,25-23-,28-27-,29-24-,36-33-. The Labute approximate surface area is 425 Å². The summed E-state index contributed by atoms with van der Waals surface area (Å²) >= 11 is 0. The molecule has 0 aliphatic carbocycles. The Kier molecular flexibility index (Phi) is 49.1. The largest absolute Gasteiger partial charge is 0.472 e. The van der Waals surface area contributed by atoms with Crippen molar-refractivity contribution in [3.8, 4) is 0 Å². The smallest absolute Gasteiger partial charge is 0.462 e. The van der Waals surface area contributed by atoms with E-state index in [2.05, 4.69) is 118 Å². The molecule has 11 nitrogen and oxygen atoms in total. The Bertz CT molecular complexity index is 1540. The number of hydrogen-bond acceptors (Lipinski definition) is 10. The quantitative estimate of drug-likeness (QED) is 0.0197. The monoisotopic (exact) mass is 1000 g/mol. The first-order valence-electron chi connectivity index (χ1n) is 27.1. The molecule has 0 heterocycles. The van der Waals surface area contributed by atoms with E-state index in [1.165, 1.54) is 32.1 Å². The van der Waals surface area contributed by atoms with Crippen LogP contribution >= 0.6 is 7.82 Å². The van der Waals surface area contributed by atoms with E-state index < -0.39 is 57.8 Å². The minimum absolute atomic E-state index is 0.120. The van der Waals surface area contributed by atoms with Crippen molar-refractivity contribution in [1.29, 1.82) is 0 Å².